The molecule has 0 aromatic heterocycles. The average molecular weight is 244 g/mol. The molecular weight excluding hydrogens is 236 g/mol. The summed E-state index contributed by atoms with van der Waals surface area (Å²) < 4.78 is 22.8. The lowest BCUT2D eigenvalue weighted by Gasteiger charge is -2.01. The lowest BCUT2D eigenvalue weighted by atomic mass is 10.3. The van der Waals surface area contributed by atoms with Crippen LogP contribution >= 0.6 is 0 Å². The molecule has 0 heterocycles. The van der Waals surface area contributed by atoms with E-state index in [0.29, 0.717) is 12.1 Å². The number of carbonyl (C=O) groups is 1. The van der Waals surface area contributed by atoms with Gasteiger partial charge in [0.25, 0.3) is 0 Å². The molecule has 0 atom stereocenters. The number of carbonyl (C=O) groups excluding carboxylic acids is 1. The Morgan fingerprint density at radius 1 is 1.31 bits per heavy atom. The summed E-state index contributed by atoms with van der Waals surface area (Å²) in [5.41, 5.74) is 0.412. The minimum atomic E-state index is -3.91. The van der Waals surface area contributed by atoms with Gasteiger partial charge in [0.2, 0.25) is 16.2 Å². The summed E-state index contributed by atoms with van der Waals surface area (Å²) in [6, 6.07) is 5.10. The molecular formula is C8H8N2O5S. The number of benzene rings is 1. The van der Waals surface area contributed by atoms with Gasteiger partial charge >= 0.3 is 5.88 Å². The zero-order valence-corrected chi connectivity index (χ0v) is 8.81. The molecule has 86 valence electrons. The monoisotopic (exact) mass is 244 g/mol. The fourth-order valence-corrected chi connectivity index (χ4v) is 2.02. The second-order valence-corrected chi connectivity index (χ2v) is 4.82. The normalized spacial score (nSPS) is 10.8. The first-order valence-electron chi connectivity index (χ1n) is 4.10. The quantitative estimate of drug-likeness (QED) is 0.454. The second kappa shape index (κ2) is 4.71. The summed E-state index contributed by atoms with van der Waals surface area (Å²) in [6.07, 6.45) is 0.445. The highest BCUT2D eigenvalue weighted by Gasteiger charge is 2.20. The Morgan fingerprint density at radius 2 is 1.88 bits per heavy atom. The van der Waals surface area contributed by atoms with Crippen molar-refractivity contribution < 1.29 is 18.1 Å². The molecule has 1 aromatic carbocycles. The Labute approximate surface area is 91.2 Å². The Morgan fingerprint density at radius 3 is 2.31 bits per heavy atom. The summed E-state index contributed by atoms with van der Waals surface area (Å²) in [6.45, 7) is 0. The highest BCUT2D eigenvalue weighted by Crippen LogP contribution is 2.14. The minimum Gasteiger partial charge on any atom is -0.329 e. The SMILES string of the molecule is O=CNc1ccc(S(=O)(=O)C[N+](=O)[O-])cc1. The molecule has 1 amide bonds. The van der Waals surface area contributed by atoms with Crippen molar-refractivity contribution in [3.05, 3.63) is 34.4 Å². The molecule has 0 radical (unpaired) electrons. The molecule has 1 aromatic rings. The maximum absolute atomic E-state index is 11.4. The van der Waals surface area contributed by atoms with Gasteiger partial charge in [0.15, 0.2) is 0 Å². The van der Waals surface area contributed by atoms with Crippen LogP contribution in [0.4, 0.5) is 5.69 Å². The predicted octanol–water partition coefficient (Wildman–Crippen LogP) is 0.263. The van der Waals surface area contributed by atoms with E-state index in [0.717, 1.165) is 0 Å². The molecule has 0 unspecified atom stereocenters. The van der Waals surface area contributed by atoms with Crippen LogP contribution in [0.15, 0.2) is 29.2 Å². The Bertz CT molecular complexity index is 494. The molecule has 0 spiro atoms. The number of rotatable bonds is 5. The highest BCUT2D eigenvalue weighted by atomic mass is 32.2. The van der Waals surface area contributed by atoms with Gasteiger partial charge in [-0.1, -0.05) is 0 Å². The third-order valence-electron chi connectivity index (χ3n) is 1.71. The molecule has 0 aliphatic carbocycles. The van der Waals surface area contributed by atoms with Crippen molar-refractivity contribution in [2.45, 2.75) is 4.90 Å². The van der Waals surface area contributed by atoms with Crippen molar-refractivity contribution in [3.63, 3.8) is 0 Å². The van der Waals surface area contributed by atoms with E-state index in [1.54, 1.807) is 0 Å². The van der Waals surface area contributed by atoms with Crippen molar-refractivity contribution in [1.29, 1.82) is 0 Å². The fourth-order valence-electron chi connectivity index (χ4n) is 1.04. The van der Waals surface area contributed by atoms with E-state index < -0.39 is 20.6 Å². The Kier molecular flexibility index (Phi) is 3.56. The van der Waals surface area contributed by atoms with Crippen LogP contribution in [0.25, 0.3) is 0 Å². The highest BCUT2D eigenvalue weighted by molar-refractivity contribution is 7.91. The van der Waals surface area contributed by atoms with Crippen LogP contribution in [-0.4, -0.2) is 25.6 Å². The van der Waals surface area contributed by atoms with Crippen LogP contribution in [0.5, 0.6) is 0 Å². The topological polar surface area (TPSA) is 106 Å². The van der Waals surface area contributed by atoms with Crippen LogP contribution in [-0.2, 0) is 14.6 Å². The standard InChI is InChI=1S/C8H8N2O5S/c11-5-9-7-1-3-8(4-2-7)16(14,15)6-10(12)13/h1-5H,6H2,(H,9,11). The Balaban J connectivity index is 2.97. The first-order valence-corrected chi connectivity index (χ1v) is 5.76. The molecule has 0 bridgehead atoms. The summed E-state index contributed by atoms with van der Waals surface area (Å²) in [5, 5.41) is 12.4. The van der Waals surface area contributed by atoms with Gasteiger partial charge in [-0.25, -0.2) is 8.42 Å². The van der Waals surface area contributed by atoms with Crippen molar-refractivity contribution in [2.75, 3.05) is 11.2 Å². The smallest absolute Gasteiger partial charge is 0.305 e. The molecule has 0 aliphatic heterocycles. The van der Waals surface area contributed by atoms with Crippen LogP contribution in [0.2, 0.25) is 0 Å². The number of nitro groups is 1. The van der Waals surface area contributed by atoms with Gasteiger partial charge in [-0.15, -0.1) is 0 Å². The summed E-state index contributed by atoms with van der Waals surface area (Å²) >= 11 is 0. The molecule has 7 nitrogen and oxygen atoms in total. The van der Waals surface area contributed by atoms with Crippen LogP contribution in [0.1, 0.15) is 0 Å². The van der Waals surface area contributed by atoms with Gasteiger partial charge in [-0.05, 0) is 24.3 Å². The lowest BCUT2D eigenvalue weighted by molar-refractivity contribution is -0.458. The molecule has 1 rings (SSSR count). The van der Waals surface area contributed by atoms with Crippen LogP contribution in [0, 0.1) is 10.1 Å². The fraction of sp³-hybridized carbons (Fsp3) is 0.125. The van der Waals surface area contributed by atoms with Gasteiger partial charge in [-0.3, -0.25) is 14.9 Å². The number of hydrogen-bond donors (Lipinski definition) is 1. The van der Waals surface area contributed by atoms with Crippen LogP contribution < -0.4 is 5.32 Å². The molecule has 0 fully saturated rings. The number of anilines is 1. The number of nitrogens with one attached hydrogen (secondary N) is 1. The molecule has 8 heteroatoms. The molecule has 0 aliphatic rings. The van der Waals surface area contributed by atoms with Gasteiger partial charge in [0.05, 0.1) is 4.90 Å². The van der Waals surface area contributed by atoms with E-state index in [1.165, 1.54) is 24.3 Å². The van der Waals surface area contributed by atoms with E-state index in [4.69, 9.17) is 0 Å². The summed E-state index contributed by atoms with van der Waals surface area (Å²) in [5.74, 6) is -1.15. The first-order chi connectivity index (χ1) is 7.45. The lowest BCUT2D eigenvalue weighted by Crippen LogP contribution is -2.14. The first kappa shape index (κ1) is 12.1. The number of nitrogens with zero attached hydrogens (tertiary/aromatic N) is 1. The Hall–Kier alpha value is -1.96. The maximum Gasteiger partial charge on any atom is 0.305 e. The zero-order valence-electron chi connectivity index (χ0n) is 7.99. The van der Waals surface area contributed by atoms with Crippen molar-refractivity contribution in [2.24, 2.45) is 0 Å². The summed E-state index contributed by atoms with van der Waals surface area (Å²) in [4.78, 5) is 19.1. The molecule has 1 N–H and O–H groups in total. The van der Waals surface area contributed by atoms with Crippen molar-refractivity contribution >= 4 is 21.9 Å². The molecule has 0 saturated carbocycles. The second-order valence-electron chi connectivity index (χ2n) is 2.86. The summed E-state index contributed by atoms with van der Waals surface area (Å²) in [7, 11) is -3.91. The van der Waals surface area contributed by atoms with E-state index in [9.17, 15) is 23.3 Å². The van der Waals surface area contributed by atoms with E-state index in [2.05, 4.69) is 5.32 Å². The van der Waals surface area contributed by atoms with Gasteiger partial charge in [0, 0.05) is 10.6 Å². The van der Waals surface area contributed by atoms with Gasteiger partial charge < -0.3 is 5.32 Å². The van der Waals surface area contributed by atoms with Crippen molar-refractivity contribution in [1.82, 2.24) is 0 Å². The zero-order chi connectivity index (χ0) is 12.2. The largest absolute Gasteiger partial charge is 0.329 e. The third-order valence-corrected chi connectivity index (χ3v) is 3.26. The predicted molar refractivity (Wildman–Crippen MR) is 55.2 cm³/mol. The maximum atomic E-state index is 11.4. The van der Waals surface area contributed by atoms with Crippen molar-refractivity contribution in [3.8, 4) is 0 Å². The van der Waals surface area contributed by atoms with E-state index >= 15 is 0 Å². The van der Waals surface area contributed by atoms with Gasteiger partial charge in [0.1, 0.15) is 0 Å². The third kappa shape index (κ3) is 3.02. The van der Waals surface area contributed by atoms with E-state index in [1.807, 2.05) is 0 Å². The molecule has 0 saturated heterocycles. The number of sulfone groups is 1. The van der Waals surface area contributed by atoms with Crippen LogP contribution in [0.3, 0.4) is 0 Å². The van der Waals surface area contributed by atoms with E-state index in [-0.39, 0.29) is 4.90 Å². The average Bonchev–Trinajstić information content (AvgIpc) is 2.17. The molecule has 16 heavy (non-hydrogen) atoms. The van der Waals surface area contributed by atoms with Gasteiger partial charge in [-0.2, -0.15) is 0 Å². The minimum absolute atomic E-state index is 0.152. The number of hydrogen-bond acceptors (Lipinski definition) is 5. The number of amides is 1.